The molecule has 2 aromatic rings. The number of hydrogen-bond acceptors (Lipinski definition) is 4. The molecule has 7 heteroatoms. The number of carbonyl (C=O) groups is 1. The number of carbonyl (C=O) groups excluding carboxylic acids is 1. The minimum Gasteiger partial charge on any atom is -0.379 e. The number of fused-ring (bicyclic) bond motifs is 1. The lowest BCUT2D eigenvalue weighted by Crippen LogP contribution is -2.57. The average Bonchev–Trinajstić information content (AvgIpc) is 2.97. The molecule has 4 aliphatic carbocycles. The fraction of sp³-hybridized carbons (Fsp3) is 0.588. The highest BCUT2D eigenvalue weighted by Crippen LogP contribution is 2.58. The minimum atomic E-state index is -0.971. The Morgan fingerprint density at radius 2 is 2.04 bits per heavy atom. The summed E-state index contributed by atoms with van der Waals surface area (Å²) in [6.45, 7) is 0. The van der Waals surface area contributed by atoms with E-state index in [0.29, 0.717) is 53.0 Å². The summed E-state index contributed by atoms with van der Waals surface area (Å²) in [5.41, 5.74) is 6.78. The number of rotatable bonds is 3. The number of aromatic nitrogens is 3. The summed E-state index contributed by atoms with van der Waals surface area (Å²) in [6.07, 6.45) is 7.16. The summed E-state index contributed by atoms with van der Waals surface area (Å²) in [5.74, 6) is 0.609. The van der Waals surface area contributed by atoms with Gasteiger partial charge in [-0.05, 0) is 49.9 Å². The number of nitrogens with zero attached hydrogens (tertiary/aromatic N) is 2. The maximum Gasteiger partial charge on any atom is 0.252 e. The number of imidazole rings is 1. The van der Waals surface area contributed by atoms with Gasteiger partial charge in [0.25, 0.3) is 5.91 Å². The lowest BCUT2D eigenvalue weighted by atomic mass is 9.53. The molecule has 1 amide bonds. The predicted octanol–water partition coefficient (Wildman–Crippen LogP) is 2.39. The summed E-state index contributed by atoms with van der Waals surface area (Å²) >= 11 is 0. The number of nitrogens with one attached hydrogen (secondary N) is 2. The van der Waals surface area contributed by atoms with Gasteiger partial charge in [-0.2, -0.15) is 0 Å². The van der Waals surface area contributed by atoms with Gasteiger partial charge in [0.1, 0.15) is 11.2 Å². The van der Waals surface area contributed by atoms with Crippen molar-refractivity contribution < 1.29 is 9.18 Å². The summed E-state index contributed by atoms with van der Waals surface area (Å²) < 4.78 is 14.9. The fourth-order valence-electron chi connectivity index (χ4n) is 5.55. The second kappa shape index (κ2) is 4.68. The minimum absolute atomic E-state index is 0.172. The number of amides is 1. The van der Waals surface area contributed by atoms with Crippen molar-refractivity contribution in [2.24, 2.45) is 23.5 Å². The Hall–Kier alpha value is -2.18. The van der Waals surface area contributed by atoms with E-state index in [4.69, 9.17) is 5.73 Å². The van der Waals surface area contributed by atoms with Gasteiger partial charge in [0.2, 0.25) is 0 Å². The van der Waals surface area contributed by atoms with E-state index in [1.807, 2.05) is 0 Å². The number of anilines is 1. The van der Waals surface area contributed by atoms with Crippen molar-refractivity contribution in [3.8, 4) is 0 Å². The molecule has 4 saturated carbocycles. The van der Waals surface area contributed by atoms with E-state index >= 15 is 0 Å². The molecule has 0 saturated heterocycles. The largest absolute Gasteiger partial charge is 0.379 e. The summed E-state index contributed by atoms with van der Waals surface area (Å²) in [6, 6.07) is 0.172. The van der Waals surface area contributed by atoms with Gasteiger partial charge in [0.15, 0.2) is 5.65 Å². The molecule has 2 heterocycles. The second-order valence-corrected chi connectivity index (χ2v) is 7.80. The molecule has 0 aliphatic heterocycles. The van der Waals surface area contributed by atoms with Gasteiger partial charge < -0.3 is 16.0 Å². The Labute approximate surface area is 138 Å². The monoisotopic (exact) mass is 329 g/mol. The molecule has 6 rings (SSSR count). The highest BCUT2D eigenvalue weighted by atomic mass is 19.1. The number of H-pyrrole nitrogens is 1. The lowest BCUT2D eigenvalue weighted by Gasteiger charge is -2.57. The van der Waals surface area contributed by atoms with Crippen LogP contribution >= 0.6 is 0 Å². The van der Waals surface area contributed by atoms with E-state index in [1.54, 1.807) is 6.33 Å². The van der Waals surface area contributed by atoms with E-state index in [9.17, 15) is 9.18 Å². The van der Waals surface area contributed by atoms with Crippen LogP contribution in [0.3, 0.4) is 0 Å². The first-order valence-electron chi connectivity index (χ1n) is 8.60. The number of aromatic amines is 1. The molecular formula is C17H20FN5O. The Morgan fingerprint density at radius 1 is 1.29 bits per heavy atom. The second-order valence-electron chi connectivity index (χ2n) is 7.80. The molecule has 6 nitrogen and oxygen atoms in total. The SMILES string of the molecule is NC(=O)c1cnc2[nH]cnc2c1N[C@H]1C2CC3CC1C[C@@](F)(C3)C2. The highest BCUT2D eigenvalue weighted by molar-refractivity contribution is 6.04. The van der Waals surface area contributed by atoms with Crippen molar-refractivity contribution in [1.29, 1.82) is 0 Å². The topological polar surface area (TPSA) is 96.7 Å². The van der Waals surface area contributed by atoms with Crippen molar-refractivity contribution in [2.75, 3.05) is 5.32 Å². The third-order valence-electron chi connectivity index (χ3n) is 6.22. The van der Waals surface area contributed by atoms with Crippen LogP contribution in [0.15, 0.2) is 12.5 Å². The van der Waals surface area contributed by atoms with E-state index in [1.165, 1.54) is 6.20 Å². The van der Waals surface area contributed by atoms with Crippen LogP contribution in [0.1, 0.15) is 42.5 Å². The Morgan fingerprint density at radius 3 is 2.71 bits per heavy atom. The zero-order valence-electron chi connectivity index (χ0n) is 13.3. The number of halogens is 1. The average molecular weight is 329 g/mol. The quantitative estimate of drug-likeness (QED) is 0.805. The normalized spacial score (nSPS) is 37.0. The predicted molar refractivity (Wildman–Crippen MR) is 87.2 cm³/mol. The number of nitrogens with two attached hydrogens (primary N) is 1. The van der Waals surface area contributed by atoms with Gasteiger partial charge in [-0.3, -0.25) is 4.79 Å². The van der Waals surface area contributed by atoms with Crippen LogP contribution in [-0.4, -0.2) is 32.6 Å². The third-order valence-corrected chi connectivity index (χ3v) is 6.22. The Bertz CT molecular complexity index is 817. The molecule has 4 N–H and O–H groups in total. The Kier molecular flexibility index (Phi) is 2.76. The van der Waals surface area contributed by atoms with Crippen LogP contribution in [-0.2, 0) is 0 Å². The molecule has 0 aromatic carbocycles. The zero-order valence-corrected chi connectivity index (χ0v) is 13.3. The van der Waals surface area contributed by atoms with Crippen LogP contribution in [0.4, 0.5) is 10.1 Å². The maximum atomic E-state index is 14.9. The van der Waals surface area contributed by atoms with Crippen molar-refractivity contribution >= 4 is 22.8 Å². The molecule has 2 atom stereocenters. The van der Waals surface area contributed by atoms with E-state index < -0.39 is 11.6 Å². The summed E-state index contributed by atoms with van der Waals surface area (Å²) in [4.78, 5) is 23.3. The molecule has 2 aromatic heterocycles. The standard InChI is InChI=1S/C17H20FN5O/c18-17-3-8-1-9(4-17)12(10(2-8)5-17)23-13-11(15(19)24)6-20-16-14(13)21-7-22-16/h6-10,12H,1-5H2,(H2,19,24)(H2,20,21,22,23)/t8?,9?,10?,12-,17+. The molecular weight excluding hydrogens is 309 g/mol. The van der Waals surface area contributed by atoms with Crippen LogP contribution in [0, 0.1) is 17.8 Å². The summed E-state index contributed by atoms with van der Waals surface area (Å²) in [7, 11) is 0. The van der Waals surface area contributed by atoms with Crippen molar-refractivity contribution in [3.63, 3.8) is 0 Å². The van der Waals surface area contributed by atoms with Crippen molar-refractivity contribution in [1.82, 2.24) is 15.0 Å². The fourth-order valence-corrected chi connectivity index (χ4v) is 5.55. The lowest BCUT2D eigenvalue weighted by molar-refractivity contribution is -0.0800. The van der Waals surface area contributed by atoms with Crippen LogP contribution < -0.4 is 11.1 Å². The van der Waals surface area contributed by atoms with Crippen molar-refractivity contribution in [2.45, 2.75) is 43.8 Å². The molecule has 4 bridgehead atoms. The molecule has 0 radical (unpaired) electrons. The van der Waals surface area contributed by atoms with Crippen LogP contribution in [0.25, 0.3) is 11.2 Å². The molecule has 4 fully saturated rings. The smallest absolute Gasteiger partial charge is 0.252 e. The number of primary amides is 1. The van der Waals surface area contributed by atoms with Gasteiger partial charge in [-0.1, -0.05) is 0 Å². The molecule has 4 aliphatic rings. The molecule has 2 unspecified atom stereocenters. The first kappa shape index (κ1) is 14.2. The number of hydrogen-bond donors (Lipinski definition) is 3. The van der Waals surface area contributed by atoms with E-state index in [-0.39, 0.29) is 6.04 Å². The number of alkyl halides is 1. The van der Waals surface area contributed by atoms with Crippen LogP contribution in [0.5, 0.6) is 0 Å². The highest BCUT2D eigenvalue weighted by Gasteiger charge is 2.56. The van der Waals surface area contributed by atoms with E-state index in [0.717, 1.165) is 19.3 Å². The zero-order chi connectivity index (χ0) is 16.5. The van der Waals surface area contributed by atoms with Gasteiger partial charge in [-0.15, -0.1) is 0 Å². The third kappa shape index (κ3) is 1.96. The Balaban J connectivity index is 1.54. The van der Waals surface area contributed by atoms with Gasteiger partial charge in [0, 0.05) is 12.2 Å². The molecule has 0 spiro atoms. The van der Waals surface area contributed by atoms with E-state index in [2.05, 4.69) is 20.3 Å². The first-order valence-corrected chi connectivity index (χ1v) is 8.60. The first-order chi connectivity index (χ1) is 11.5. The molecule has 126 valence electrons. The number of pyridine rings is 1. The summed E-state index contributed by atoms with van der Waals surface area (Å²) in [5, 5.41) is 3.53. The van der Waals surface area contributed by atoms with Gasteiger partial charge in [-0.25, -0.2) is 14.4 Å². The van der Waals surface area contributed by atoms with Gasteiger partial charge in [0.05, 0.1) is 17.6 Å². The maximum absolute atomic E-state index is 14.9. The molecule has 24 heavy (non-hydrogen) atoms. The van der Waals surface area contributed by atoms with Crippen LogP contribution in [0.2, 0.25) is 0 Å². The van der Waals surface area contributed by atoms with Crippen molar-refractivity contribution in [3.05, 3.63) is 18.1 Å². The van der Waals surface area contributed by atoms with Gasteiger partial charge >= 0.3 is 0 Å².